The van der Waals surface area contributed by atoms with Crippen LogP contribution in [0.25, 0.3) is 0 Å². The second kappa shape index (κ2) is 10.2. The van der Waals surface area contributed by atoms with Gasteiger partial charge in [0, 0.05) is 23.6 Å². The first-order valence-corrected chi connectivity index (χ1v) is 11.5. The highest BCUT2D eigenvalue weighted by molar-refractivity contribution is 7.89. The first-order chi connectivity index (χ1) is 15.9. The zero-order valence-electron chi connectivity index (χ0n) is 17.3. The molecule has 0 bridgehead atoms. The Morgan fingerprint density at radius 1 is 1.21 bits per heavy atom. The van der Waals surface area contributed by atoms with Crippen LogP contribution < -0.4 is 16.3 Å². The van der Waals surface area contributed by atoms with E-state index in [2.05, 4.69) is 5.59 Å². The quantitative estimate of drug-likeness (QED) is 0.488. The first kappa shape index (κ1) is 25.7. The van der Waals surface area contributed by atoms with Gasteiger partial charge in [-0.25, -0.2) is 17.8 Å². The standard InChI is InChI=1S/C20H19ClF4N4O4S/c21-14-4-6-15(7-5-14)34(31,32)29(17(19(26)30)8-9-20(23,24)25)12-13-2-1-3-16(18(13)22)28-10-11-33-27-28/h1-7,10-11,17,27H,8-9,12H2,(H2,26,30)/t17-/m1/s1. The largest absolute Gasteiger partial charge is 0.395 e. The van der Waals surface area contributed by atoms with Crippen molar-refractivity contribution in [3.8, 4) is 0 Å². The lowest BCUT2D eigenvalue weighted by Crippen LogP contribution is -2.48. The van der Waals surface area contributed by atoms with E-state index >= 15 is 4.39 Å². The van der Waals surface area contributed by atoms with E-state index in [0.29, 0.717) is 4.31 Å². The van der Waals surface area contributed by atoms with Gasteiger partial charge >= 0.3 is 6.18 Å². The lowest BCUT2D eigenvalue weighted by atomic mass is 10.1. The molecule has 0 radical (unpaired) electrons. The Hall–Kier alpha value is -2.87. The van der Waals surface area contributed by atoms with E-state index in [1.54, 1.807) is 0 Å². The lowest BCUT2D eigenvalue weighted by Gasteiger charge is -2.30. The third kappa shape index (κ3) is 5.97. The molecule has 1 amide bonds. The van der Waals surface area contributed by atoms with E-state index in [1.165, 1.54) is 42.8 Å². The molecule has 0 saturated carbocycles. The summed E-state index contributed by atoms with van der Waals surface area (Å²) in [6, 6.07) is 6.86. The molecular formula is C20H19ClF4N4O4S. The van der Waals surface area contributed by atoms with E-state index in [4.69, 9.17) is 22.2 Å². The first-order valence-electron chi connectivity index (χ1n) is 9.68. The third-order valence-electron chi connectivity index (χ3n) is 4.87. The zero-order valence-corrected chi connectivity index (χ0v) is 18.9. The maximum Gasteiger partial charge on any atom is 0.389 e. The van der Waals surface area contributed by atoms with Crippen LogP contribution in [0.4, 0.5) is 23.2 Å². The van der Waals surface area contributed by atoms with E-state index in [9.17, 15) is 26.4 Å². The molecule has 8 nitrogen and oxygen atoms in total. The molecule has 1 heterocycles. The van der Waals surface area contributed by atoms with Gasteiger partial charge in [-0.2, -0.15) is 17.5 Å². The van der Waals surface area contributed by atoms with E-state index in [-0.39, 0.29) is 21.2 Å². The van der Waals surface area contributed by atoms with Crippen molar-refractivity contribution in [3.63, 3.8) is 0 Å². The summed E-state index contributed by atoms with van der Waals surface area (Å²) in [4.78, 5) is 16.6. The molecule has 1 aliphatic rings. The highest BCUT2D eigenvalue weighted by Gasteiger charge is 2.39. The Morgan fingerprint density at radius 2 is 1.88 bits per heavy atom. The SMILES string of the molecule is NC(=O)[C@@H](CCC(F)(F)F)N(Cc1cccc(N2C=CON2)c1F)S(=O)(=O)c1ccc(Cl)cc1. The fraction of sp³-hybridized carbons (Fsp3) is 0.250. The Labute approximate surface area is 197 Å². The number of primary amides is 1. The van der Waals surface area contributed by atoms with Gasteiger partial charge in [0.2, 0.25) is 15.9 Å². The van der Waals surface area contributed by atoms with Crippen LogP contribution in [0.5, 0.6) is 0 Å². The number of carbonyl (C=O) groups is 1. The minimum Gasteiger partial charge on any atom is -0.395 e. The highest BCUT2D eigenvalue weighted by atomic mass is 35.5. The molecule has 0 spiro atoms. The van der Waals surface area contributed by atoms with Crippen LogP contribution in [0.1, 0.15) is 18.4 Å². The average Bonchev–Trinajstić information content (AvgIpc) is 3.28. The van der Waals surface area contributed by atoms with Gasteiger partial charge in [-0.05, 0) is 36.8 Å². The monoisotopic (exact) mass is 522 g/mol. The van der Waals surface area contributed by atoms with Crippen molar-refractivity contribution in [2.45, 2.75) is 36.5 Å². The van der Waals surface area contributed by atoms with Gasteiger partial charge in [0.1, 0.15) is 12.3 Å². The molecule has 3 rings (SSSR count). The summed E-state index contributed by atoms with van der Waals surface area (Å²) in [5.74, 6) is -2.20. The number of carbonyl (C=O) groups excluding carboxylic acids is 1. The molecule has 14 heteroatoms. The lowest BCUT2D eigenvalue weighted by molar-refractivity contribution is -0.140. The molecule has 2 aromatic rings. The van der Waals surface area contributed by atoms with Gasteiger partial charge in [-0.15, -0.1) is 0 Å². The molecule has 0 unspecified atom stereocenters. The summed E-state index contributed by atoms with van der Waals surface area (Å²) in [5, 5.41) is 1.37. The molecule has 0 saturated heterocycles. The van der Waals surface area contributed by atoms with Crippen LogP contribution in [0.3, 0.4) is 0 Å². The van der Waals surface area contributed by atoms with Crippen LogP contribution >= 0.6 is 11.6 Å². The number of nitrogens with two attached hydrogens (primary N) is 1. The van der Waals surface area contributed by atoms with E-state index in [0.717, 1.165) is 17.1 Å². The van der Waals surface area contributed by atoms with Gasteiger partial charge in [-0.1, -0.05) is 29.3 Å². The van der Waals surface area contributed by atoms with E-state index < -0.39 is 53.4 Å². The smallest absolute Gasteiger partial charge is 0.389 e. The number of rotatable bonds is 9. The molecule has 0 fully saturated rings. The summed E-state index contributed by atoms with van der Waals surface area (Å²) in [6.45, 7) is -0.769. The third-order valence-corrected chi connectivity index (χ3v) is 6.99. The number of halogens is 5. The number of amides is 1. The van der Waals surface area contributed by atoms with Crippen LogP contribution in [0.2, 0.25) is 5.02 Å². The van der Waals surface area contributed by atoms with Gasteiger partial charge in [0.05, 0.1) is 16.8 Å². The maximum atomic E-state index is 15.3. The topological polar surface area (TPSA) is 105 Å². The molecule has 2 aromatic carbocycles. The minimum absolute atomic E-state index is 0.0546. The molecule has 3 N–H and O–H groups in total. The fourth-order valence-electron chi connectivity index (χ4n) is 3.21. The summed E-state index contributed by atoms with van der Waals surface area (Å²) in [5.41, 5.74) is 7.42. The number of hydrazine groups is 1. The number of benzene rings is 2. The summed E-state index contributed by atoms with van der Waals surface area (Å²) in [6.07, 6.45) is -4.53. The Balaban J connectivity index is 2.06. The molecule has 1 atom stereocenters. The fourth-order valence-corrected chi connectivity index (χ4v) is 4.94. The number of hydrogen-bond donors (Lipinski definition) is 2. The number of alkyl halides is 3. The summed E-state index contributed by atoms with van der Waals surface area (Å²) < 4.78 is 81.2. The van der Waals surface area contributed by atoms with Crippen LogP contribution in [0.15, 0.2) is 59.8 Å². The highest BCUT2D eigenvalue weighted by Crippen LogP contribution is 2.30. The van der Waals surface area contributed by atoms with E-state index in [1.807, 2.05) is 0 Å². The van der Waals surface area contributed by atoms with Crippen molar-refractivity contribution in [2.75, 3.05) is 5.01 Å². The van der Waals surface area contributed by atoms with Crippen LogP contribution in [0, 0.1) is 5.82 Å². The van der Waals surface area contributed by atoms with Gasteiger partial charge < -0.3 is 10.6 Å². The van der Waals surface area contributed by atoms with Crippen LogP contribution in [-0.4, -0.2) is 30.8 Å². The zero-order chi connectivity index (χ0) is 25.1. The van der Waals surface area contributed by atoms with Crippen molar-refractivity contribution < 1.29 is 35.6 Å². The van der Waals surface area contributed by atoms with Crippen LogP contribution in [-0.2, 0) is 26.2 Å². The molecular weight excluding hydrogens is 504 g/mol. The normalized spacial score (nSPS) is 14.9. The molecule has 0 aromatic heterocycles. The van der Waals surface area contributed by atoms with Crippen molar-refractivity contribution >= 4 is 33.2 Å². The van der Waals surface area contributed by atoms with Gasteiger partial charge in [-0.3, -0.25) is 4.79 Å². The minimum atomic E-state index is -4.68. The number of anilines is 1. The second-order valence-electron chi connectivity index (χ2n) is 7.19. The predicted molar refractivity (Wildman–Crippen MR) is 115 cm³/mol. The van der Waals surface area contributed by atoms with Crippen molar-refractivity contribution in [1.29, 1.82) is 0 Å². The number of hydrogen-bond acceptors (Lipinski definition) is 6. The number of sulfonamides is 1. The van der Waals surface area contributed by atoms with Crippen molar-refractivity contribution in [3.05, 3.63) is 71.3 Å². The average molecular weight is 523 g/mol. The molecule has 1 aliphatic heterocycles. The summed E-state index contributed by atoms with van der Waals surface area (Å²) in [7, 11) is -4.60. The predicted octanol–water partition coefficient (Wildman–Crippen LogP) is 3.59. The van der Waals surface area contributed by atoms with Gasteiger partial charge in [0.25, 0.3) is 0 Å². The van der Waals surface area contributed by atoms with Gasteiger partial charge in [0.15, 0.2) is 5.82 Å². The number of nitrogens with one attached hydrogen (secondary N) is 1. The Morgan fingerprint density at radius 3 is 2.44 bits per heavy atom. The molecule has 184 valence electrons. The van der Waals surface area contributed by atoms with Crippen molar-refractivity contribution in [1.82, 2.24) is 9.89 Å². The maximum absolute atomic E-state index is 15.3. The molecule has 0 aliphatic carbocycles. The molecule has 34 heavy (non-hydrogen) atoms. The Bertz CT molecular complexity index is 1180. The Kier molecular flexibility index (Phi) is 7.70. The second-order valence-corrected chi connectivity index (χ2v) is 9.52. The summed E-state index contributed by atoms with van der Waals surface area (Å²) >= 11 is 5.80. The van der Waals surface area contributed by atoms with Crippen molar-refractivity contribution in [2.24, 2.45) is 5.73 Å². The number of nitrogens with zero attached hydrogens (tertiary/aromatic N) is 2.